The zero-order chi connectivity index (χ0) is 24.7. The van der Waals surface area contributed by atoms with Crippen molar-refractivity contribution >= 4 is 34.0 Å². The first-order valence-electron chi connectivity index (χ1n) is 10.3. The lowest BCUT2D eigenvalue weighted by molar-refractivity contribution is -0.385. The van der Waals surface area contributed by atoms with Gasteiger partial charge >= 0.3 is 5.69 Å². The van der Waals surface area contributed by atoms with E-state index in [4.69, 9.17) is 9.47 Å². The van der Waals surface area contributed by atoms with Gasteiger partial charge in [0.25, 0.3) is 11.8 Å². The fourth-order valence-corrected chi connectivity index (χ4v) is 3.99. The highest BCUT2D eigenvalue weighted by atomic mass is 32.1. The predicted octanol–water partition coefficient (Wildman–Crippen LogP) is 3.17. The number of hydrogen-bond donors (Lipinski definition) is 2. The second kappa shape index (κ2) is 11.6. The van der Waals surface area contributed by atoms with Crippen molar-refractivity contribution in [2.75, 3.05) is 32.6 Å². The Balaban J connectivity index is 2.07. The van der Waals surface area contributed by atoms with Crippen molar-refractivity contribution < 1.29 is 24.0 Å². The van der Waals surface area contributed by atoms with E-state index in [0.717, 1.165) is 17.4 Å². The number of thiazole rings is 1. The molecule has 12 heteroatoms. The zero-order valence-electron chi connectivity index (χ0n) is 19.5. The Kier molecular flexibility index (Phi) is 9.12. The summed E-state index contributed by atoms with van der Waals surface area (Å²) in [5.41, 5.74) is -0.111. The van der Waals surface area contributed by atoms with Gasteiger partial charge in [-0.25, -0.2) is 4.98 Å². The van der Waals surface area contributed by atoms with Crippen molar-refractivity contribution in [1.29, 1.82) is 0 Å². The average Bonchev–Trinajstić information content (AvgIpc) is 3.23. The van der Waals surface area contributed by atoms with E-state index >= 15 is 0 Å². The molecule has 0 saturated heterocycles. The van der Waals surface area contributed by atoms with E-state index in [-0.39, 0.29) is 39.5 Å². The average molecular weight is 480 g/mol. The Morgan fingerprint density at radius 2 is 1.76 bits per heavy atom. The molecule has 1 aromatic carbocycles. The molecule has 2 rings (SSSR count). The second-order valence-corrected chi connectivity index (χ2v) is 8.51. The molecule has 33 heavy (non-hydrogen) atoms. The van der Waals surface area contributed by atoms with E-state index in [1.165, 1.54) is 20.3 Å². The summed E-state index contributed by atoms with van der Waals surface area (Å²) >= 11 is 1.09. The van der Waals surface area contributed by atoms with Gasteiger partial charge in [-0.15, -0.1) is 11.3 Å². The molecular formula is C21H29N5O6S. The molecule has 11 nitrogen and oxygen atoms in total. The van der Waals surface area contributed by atoms with Crippen LogP contribution in [0.5, 0.6) is 11.5 Å². The van der Waals surface area contributed by atoms with Gasteiger partial charge in [0, 0.05) is 36.6 Å². The van der Waals surface area contributed by atoms with Crippen molar-refractivity contribution in [3.63, 3.8) is 0 Å². The summed E-state index contributed by atoms with van der Waals surface area (Å²) in [7, 11) is 2.57. The van der Waals surface area contributed by atoms with E-state index < -0.39 is 10.8 Å². The van der Waals surface area contributed by atoms with Crippen molar-refractivity contribution in [2.45, 2.75) is 39.8 Å². The predicted molar refractivity (Wildman–Crippen MR) is 126 cm³/mol. The first-order valence-corrected chi connectivity index (χ1v) is 11.2. The van der Waals surface area contributed by atoms with Gasteiger partial charge in [0.1, 0.15) is 11.4 Å². The minimum absolute atomic E-state index is 0.00869. The molecule has 1 aromatic heterocycles. The molecule has 0 aliphatic carbocycles. The highest BCUT2D eigenvalue weighted by Crippen LogP contribution is 2.34. The number of benzene rings is 1. The molecule has 0 saturated carbocycles. The largest absolute Gasteiger partial charge is 0.496 e. The summed E-state index contributed by atoms with van der Waals surface area (Å²) in [6.07, 6.45) is 0. The maximum atomic E-state index is 12.7. The van der Waals surface area contributed by atoms with Crippen molar-refractivity contribution in [2.24, 2.45) is 0 Å². The van der Waals surface area contributed by atoms with Gasteiger partial charge in [-0.3, -0.25) is 29.9 Å². The van der Waals surface area contributed by atoms with Crippen LogP contribution in [0.4, 0.5) is 10.8 Å². The lowest BCUT2D eigenvalue weighted by Crippen LogP contribution is -2.42. The van der Waals surface area contributed by atoms with Crippen LogP contribution in [-0.4, -0.2) is 66.0 Å². The molecule has 0 spiro atoms. The van der Waals surface area contributed by atoms with Crippen LogP contribution in [0.2, 0.25) is 0 Å². The fraction of sp³-hybridized carbons (Fsp3) is 0.476. The maximum absolute atomic E-state index is 12.7. The minimum atomic E-state index is -0.629. The first-order chi connectivity index (χ1) is 15.6. The van der Waals surface area contributed by atoms with Crippen LogP contribution in [0.25, 0.3) is 0 Å². The van der Waals surface area contributed by atoms with Crippen molar-refractivity contribution in [3.05, 3.63) is 38.9 Å². The SMILES string of the molecule is COc1cc([N+](=O)[O-])c(OC)cc1C(=O)Nc1nc(C(=O)NCCN(C(C)C)C(C)C)cs1. The molecule has 0 bridgehead atoms. The number of ether oxygens (including phenoxy) is 2. The third-order valence-electron chi connectivity index (χ3n) is 4.88. The van der Waals surface area contributed by atoms with E-state index in [2.05, 4.69) is 48.2 Å². The van der Waals surface area contributed by atoms with Gasteiger partial charge in [0.15, 0.2) is 10.9 Å². The topological polar surface area (TPSA) is 136 Å². The van der Waals surface area contributed by atoms with Crippen molar-refractivity contribution in [1.82, 2.24) is 15.2 Å². The Bertz CT molecular complexity index is 999. The number of anilines is 1. The third kappa shape index (κ3) is 6.62. The van der Waals surface area contributed by atoms with Crippen LogP contribution in [0.3, 0.4) is 0 Å². The molecule has 0 aliphatic heterocycles. The standard InChI is InChI=1S/C21H29N5O6S/c1-12(2)25(13(3)4)8-7-22-20(28)15-11-33-21(23-15)24-19(27)14-9-18(32-6)16(26(29)30)10-17(14)31-5/h9-13H,7-8H2,1-6H3,(H,22,28)(H,23,24,27). The Morgan fingerprint density at radius 1 is 1.12 bits per heavy atom. The van der Waals surface area contributed by atoms with Gasteiger partial charge in [-0.05, 0) is 27.7 Å². The van der Waals surface area contributed by atoms with Gasteiger partial charge < -0.3 is 14.8 Å². The molecule has 180 valence electrons. The molecule has 0 unspecified atom stereocenters. The van der Waals surface area contributed by atoms with Crippen LogP contribution in [0, 0.1) is 10.1 Å². The molecule has 0 atom stereocenters. The molecule has 0 fully saturated rings. The highest BCUT2D eigenvalue weighted by molar-refractivity contribution is 7.14. The molecular weight excluding hydrogens is 450 g/mol. The van der Waals surface area contributed by atoms with Crippen LogP contribution in [0.1, 0.15) is 48.5 Å². The Hall–Kier alpha value is -3.25. The summed E-state index contributed by atoms with van der Waals surface area (Å²) in [6.45, 7) is 9.59. The number of methoxy groups -OCH3 is 2. The van der Waals surface area contributed by atoms with Crippen molar-refractivity contribution in [3.8, 4) is 11.5 Å². The molecule has 0 radical (unpaired) electrons. The Labute approximate surface area is 196 Å². The first kappa shape index (κ1) is 26.0. The molecule has 2 aromatic rings. The van der Waals surface area contributed by atoms with E-state index in [1.807, 2.05) is 0 Å². The number of nitro benzene ring substituents is 1. The number of nitrogens with zero attached hydrogens (tertiary/aromatic N) is 3. The Morgan fingerprint density at radius 3 is 2.30 bits per heavy atom. The number of aromatic nitrogens is 1. The number of carbonyl (C=O) groups excluding carboxylic acids is 2. The molecule has 1 heterocycles. The minimum Gasteiger partial charge on any atom is -0.496 e. The maximum Gasteiger partial charge on any atom is 0.314 e. The number of carbonyl (C=O) groups is 2. The highest BCUT2D eigenvalue weighted by Gasteiger charge is 2.24. The zero-order valence-corrected chi connectivity index (χ0v) is 20.3. The molecule has 2 amide bonds. The van der Waals surface area contributed by atoms with E-state index in [9.17, 15) is 19.7 Å². The number of hydrogen-bond acceptors (Lipinski definition) is 9. The number of nitrogens with one attached hydrogen (secondary N) is 2. The van der Waals surface area contributed by atoms with Gasteiger partial charge in [0.05, 0.1) is 30.8 Å². The lowest BCUT2D eigenvalue weighted by atomic mass is 10.1. The molecule has 2 N–H and O–H groups in total. The van der Waals surface area contributed by atoms with E-state index in [0.29, 0.717) is 25.2 Å². The van der Waals surface area contributed by atoms with Crippen LogP contribution >= 0.6 is 11.3 Å². The van der Waals surface area contributed by atoms with Gasteiger partial charge in [0.2, 0.25) is 0 Å². The fourth-order valence-electron chi connectivity index (χ4n) is 3.30. The van der Waals surface area contributed by atoms with Crippen LogP contribution < -0.4 is 20.1 Å². The summed E-state index contributed by atoms with van der Waals surface area (Å²) in [4.78, 5) is 42.2. The second-order valence-electron chi connectivity index (χ2n) is 7.65. The van der Waals surface area contributed by atoms with Crippen LogP contribution in [0.15, 0.2) is 17.5 Å². The number of nitro groups is 1. The van der Waals surface area contributed by atoms with E-state index in [1.54, 1.807) is 5.38 Å². The van der Waals surface area contributed by atoms with Gasteiger partial charge in [-0.2, -0.15) is 0 Å². The summed E-state index contributed by atoms with van der Waals surface area (Å²) < 4.78 is 10.1. The normalized spacial score (nSPS) is 11.1. The third-order valence-corrected chi connectivity index (χ3v) is 5.64. The number of rotatable bonds is 11. The summed E-state index contributed by atoms with van der Waals surface area (Å²) in [5.74, 6) is -1.02. The summed E-state index contributed by atoms with van der Waals surface area (Å²) in [6, 6.07) is 3.06. The van der Waals surface area contributed by atoms with Gasteiger partial charge in [-0.1, -0.05) is 0 Å². The number of amides is 2. The lowest BCUT2D eigenvalue weighted by Gasteiger charge is -2.30. The molecule has 0 aliphatic rings. The summed E-state index contributed by atoms with van der Waals surface area (Å²) in [5, 5.41) is 18.4. The monoisotopic (exact) mass is 479 g/mol. The van der Waals surface area contributed by atoms with Crippen LogP contribution in [-0.2, 0) is 0 Å². The quantitative estimate of drug-likeness (QED) is 0.370. The smallest absolute Gasteiger partial charge is 0.314 e.